The van der Waals surface area contributed by atoms with Crippen molar-refractivity contribution in [3.63, 3.8) is 0 Å². The summed E-state index contributed by atoms with van der Waals surface area (Å²) in [7, 11) is 5.49. The summed E-state index contributed by atoms with van der Waals surface area (Å²) in [6.45, 7) is 6.44. The number of nitrogens with one attached hydrogen (secondary N) is 3. The van der Waals surface area contributed by atoms with E-state index < -0.39 is 0 Å². The van der Waals surface area contributed by atoms with E-state index in [0.29, 0.717) is 12.5 Å². The van der Waals surface area contributed by atoms with E-state index in [-0.39, 0.29) is 36.4 Å². The molecular weight excluding hydrogens is 397 g/mol. The van der Waals surface area contributed by atoms with Crippen LogP contribution in [0.25, 0.3) is 0 Å². The first kappa shape index (κ1) is 23.7. The van der Waals surface area contributed by atoms with Gasteiger partial charge in [-0.1, -0.05) is 6.92 Å². The van der Waals surface area contributed by atoms with Crippen LogP contribution in [0.5, 0.6) is 0 Å². The van der Waals surface area contributed by atoms with Crippen molar-refractivity contribution < 1.29 is 9.53 Å². The van der Waals surface area contributed by atoms with Crippen molar-refractivity contribution >= 4 is 35.8 Å². The smallest absolute Gasteiger partial charge is 0.239 e. The van der Waals surface area contributed by atoms with E-state index in [1.54, 1.807) is 14.2 Å². The average molecular weight is 429 g/mol. The van der Waals surface area contributed by atoms with Gasteiger partial charge in [0.05, 0.1) is 6.54 Å². The van der Waals surface area contributed by atoms with Gasteiger partial charge in [0.2, 0.25) is 5.91 Å². The molecule has 0 fully saturated rings. The Hall–Kier alpha value is -0.610. The molecule has 0 aliphatic heterocycles. The minimum atomic E-state index is -0.0171. The first-order valence-electron chi connectivity index (χ1n) is 7.52. The van der Waals surface area contributed by atoms with E-state index in [4.69, 9.17) is 4.74 Å². The Labute approximate surface area is 151 Å². The number of halogens is 1. The third kappa shape index (κ3) is 14.3. The van der Waals surface area contributed by atoms with Crippen molar-refractivity contribution in [2.24, 2.45) is 4.99 Å². The number of aliphatic imine (C=N–C) groups is 1. The summed E-state index contributed by atoms with van der Waals surface area (Å²) in [4.78, 5) is 17.8. The van der Waals surface area contributed by atoms with Gasteiger partial charge in [0.1, 0.15) is 0 Å². The van der Waals surface area contributed by atoms with Crippen molar-refractivity contribution in [1.29, 1.82) is 0 Å². The highest BCUT2D eigenvalue weighted by molar-refractivity contribution is 14.0. The van der Waals surface area contributed by atoms with E-state index in [0.717, 1.165) is 39.1 Å². The van der Waals surface area contributed by atoms with Crippen LogP contribution in [0.4, 0.5) is 0 Å². The largest absolute Gasteiger partial charge is 0.385 e. The Morgan fingerprint density at radius 2 is 1.91 bits per heavy atom. The number of amides is 1. The number of ether oxygens (including phenoxy) is 1. The van der Waals surface area contributed by atoms with Crippen molar-refractivity contribution in [3.05, 3.63) is 0 Å². The third-order valence-corrected chi connectivity index (χ3v) is 2.89. The Balaban J connectivity index is 0. The fourth-order valence-corrected chi connectivity index (χ4v) is 1.67. The summed E-state index contributed by atoms with van der Waals surface area (Å²) >= 11 is 0. The molecule has 3 N–H and O–H groups in total. The molecule has 0 unspecified atom stereocenters. The van der Waals surface area contributed by atoms with Crippen molar-refractivity contribution in [2.45, 2.75) is 19.8 Å². The van der Waals surface area contributed by atoms with Gasteiger partial charge in [-0.2, -0.15) is 0 Å². The first-order chi connectivity index (χ1) is 10.1. The molecule has 0 saturated heterocycles. The molecule has 22 heavy (non-hydrogen) atoms. The standard InChI is InChI=1S/C14H31N5O2.HI/c1-5-7-16-13(20)12-18-14(15-2)17-8-10-19(3)9-6-11-21-4;/h5-12H2,1-4H3,(H,16,20)(H2,15,17,18);1H. The molecule has 1 amide bonds. The number of carbonyl (C=O) groups excluding carboxylic acids is 1. The first-order valence-corrected chi connectivity index (χ1v) is 7.52. The van der Waals surface area contributed by atoms with Gasteiger partial charge in [0.25, 0.3) is 0 Å². The maximum absolute atomic E-state index is 11.5. The quantitative estimate of drug-likeness (QED) is 0.190. The summed E-state index contributed by atoms with van der Waals surface area (Å²) in [5.41, 5.74) is 0. The maximum atomic E-state index is 11.5. The molecule has 0 radical (unpaired) electrons. The molecule has 0 spiro atoms. The number of guanidine groups is 1. The van der Waals surface area contributed by atoms with Crippen molar-refractivity contribution in [3.8, 4) is 0 Å². The van der Waals surface area contributed by atoms with Crippen LogP contribution >= 0.6 is 24.0 Å². The lowest BCUT2D eigenvalue weighted by Gasteiger charge is -2.18. The lowest BCUT2D eigenvalue weighted by molar-refractivity contribution is -0.120. The van der Waals surface area contributed by atoms with Crippen molar-refractivity contribution in [1.82, 2.24) is 20.9 Å². The minimum absolute atomic E-state index is 0. The second-order valence-electron chi connectivity index (χ2n) is 4.85. The van der Waals surface area contributed by atoms with Crippen LogP contribution in [-0.2, 0) is 9.53 Å². The third-order valence-electron chi connectivity index (χ3n) is 2.89. The molecule has 0 aromatic rings. The van der Waals surface area contributed by atoms with Crippen molar-refractivity contribution in [2.75, 3.05) is 60.5 Å². The Kier molecular flexibility index (Phi) is 18.0. The number of rotatable bonds is 11. The second-order valence-corrected chi connectivity index (χ2v) is 4.85. The SMILES string of the molecule is CCCNC(=O)CNC(=NC)NCCN(C)CCCOC.I. The number of methoxy groups -OCH3 is 1. The number of hydrogen-bond acceptors (Lipinski definition) is 4. The molecule has 0 saturated carbocycles. The van der Waals surface area contributed by atoms with E-state index >= 15 is 0 Å². The summed E-state index contributed by atoms with van der Waals surface area (Å²) in [5.74, 6) is 0.628. The predicted molar refractivity (Wildman–Crippen MR) is 102 cm³/mol. The fourth-order valence-electron chi connectivity index (χ4n) is 1.67. The molecule has 0 bridgehead atoms. The van der Waals surface area contributed by atoms with Gasteiger partial charge < -0.3 is 25.6 Å². The van der Waals surface area contributed by atoms with Gasteiger partial charge in [0, 0.05) is 46.9 Å². The zero-order valence-electron chi connectivity index (χ0n) is 14.3. The summed E-state index contributed by atoms with van der Waals surface area (Å²) < 4.78 is 5.03. The highest BCUT2D eigenvalue weighted by Gasteiger charge is 2.03. The molecule has 0 heterocycles. The minimum Gasteiger partial charge on any atom is -0.385 e. The zero-order chi connectivity index (χ0) is 15.9. The molecule has 8 heteroatoms. The molecule has 7 nitrogen and oxygen atoms in total. The highest BCUT2D eigenvalue weighted by Crippen LogP contribution is 1.86. The number of nitrogens with zero attached hydrogens (tertiary/aromatic N) is 2. The predicted octanol–water partition coefficient (Wildman–Crippen LogP) is 0.264. The van der Waals surface area contributed by atoms with Crippen LogP contribution in [0.3, 0.4) is 0 Å². The molecule has 0 aromatic carbocycles. The molecule has 0 aromatic heterocycles. The number of hydrogen-bond donors (Lipinski definition) is 3. The van der Waals surface area contributed by atoms with E-state index in [1.165, 1.54) is 0 Å². The molecule has 0 atom stereocenters. The van der Waals surface area contributed by atoms with Crippen LogP contribution in [0.15, 0.2) is 4.99 Å². The lowest BCUT2D eigenvalue weighted by Crippen LogP contribution is -2.45. The van der Waals surface area contributed by atoms with Gasteiger partial charge in [-0.3, -0.25) is 9.79 Å². The van der Waals surface area contributed by atoms with E-state index in [1.807, 2.05) is 6.92 Å². The van der Waals surface area contributed by atoms with Gasteiger partial charge in [0.15, 0.2) is 5.96 Å². The van der Waals surface area contributed by atoms with Crippen LogP contribution in [0.1, 0.15) is 19.8 Å². The van der Waals surface area contributed by atoms with E-state index in [9.17, 15) is 4.79 Å². The van der Waals surface area contributed by atoms with Crippen LogP contribution < -0.4 is 16.0 Å². The summed E-state index contributed by atoms with van der Waals surface area (Å²) in [5, 5.41) is 8.99. The van der Waals surface area contributed by atoms with Crippen LogP contribution in [0, 0.1) is 0 Å². The van der Waals surface area contributed by atoms with Crippen LogP contribution in [-0.4, -0.2) is 77.3 Å². The van der Waals surface area contributed by atoms with Gasteiger partial charge in [-0.25, -0.2) is 0 Å². The average Bonchev–Trinajstić information content (AvgIpc) is 2.48. The van der Waals surface area contributed by atoms with Gasteiger partial charge in [-0.15, -0.1) is 24.0 Å². The Bertz CT molecular complexity index is 303. The molecule has 0 rings (SSSR count). The number of likely N-dealkylation sites (N-methyl/N-ethyl adjacent to an activating group) is 1. The second kappa shape index (κ2) is 16.8. The zero-order valence-corrected chi connectivity index (χ0v) is 16.6. The Morgan fingerprint density at radius 1 is 1.18 bits per heavy atom. The summed E-state index contributed by atoms with van der Waals surface area (Å²) in [6, 6.07) is 0. The highest BCUT2D eigenvalue weighted by atomic mass is 127. The molecule has 0 aliphatic carbocycles. The Morgan fingerprint density at radius 3 is 2.50 bits per heavy atom. The normalized spacial score (nSPS) is 11.0. The van der Waals surface area contributed by atoms with Gasteiger partial charge in [-0.05, 0) is 19.9 Å². The lowest BCUT2D eigenvalue weighted by atomic mass is 10.4. The summed E-state index contributed by atoms with van der Waals surface area (Å²) in [6.07, 6.45) is 1.96. The fraction of sp³-hybridized carbons (Fsp3) is 0.857. The molecule has 132 valence electrons. The van der Waals surface area contributed by atoms with Gasteiger partial charge >= 0.3 is 0 Å². The topological polar surface area (TPSA) is 78.0 Å². The maximum Gasteiger partial charge on any atom is 0.239 e. The molecular formula is C14H32IN5O2. The van der Waals surface area contributed by atoms with Crippen LogP contribution in [0.2, 0.25) is 0 Å². The monoisotopic (exact) mass is 429 g/mol. The number of carbonyl (C=O) groups is 1. The van der Waals surface area contributed by atoms with E-state index in [2.05, 4.69) is 32.9 Å². The molecule has 0 aliphatic rings.